The molecule has 104 valence electrons. The molecule has 1 aliphatic rings. The van der Waals surface area contributed by atoms with Crippen LogP contribution in [0.4, 0.5) is 0 Å². The fraction of sp³-hybridized carbons (Fsp3) is 0.571. The van der Waals surface area contributed by atoms with E-state index in [9.17, 15) is 9.90 Å². The van der Waals surface area contributed by atoms with Crippen LogP contribution in [0.2, 0.25) is 0 Å². The van der Waals surface area contributed by atoms with Gasteiger partial charge in [0, 0.05) is 24.4 Å². The van der Waals surface area contributed by atoms with Gasteiger partial charge in [0.15, 0.2) is 6.10 Å². The number of hydrogen-bond acceptors (Lipinski definition) is 5. The van der Waals surface area contributed by atoms with Crippen LogP contribution >= 0.6 is 0 Å². The molecule has 0 saturated carbocycles. The van der Waals surface area contributed by atoms with Gasteiger partial charge < -0.3 is 15.2 Å². The number of ether oxygens (including phenoxy) is 1. The smallest absolute Gasteiger partial charge is 0.335 e. The topological polar surface area (TPSA) is 71.5 Å². The van der Waals surface area contributed by atoms with Gasteiger partial charge >= 0.3 is 5.97 Å². The minimum Gasteiger partial charge on any atom is -0.464 e. The Bertz CT molecular complexity index is 410. The van der Waals surface area contributed by atoms with Gasteiger partial charge in [-0.1, -0.05) is 6.07 Å². The van der Waals surface area contributed by atoms with Crippen LogP contribution in [-0.4, -0.2) is 35.3 Å². The van der Waals surface area contributed by atoms with E-state index in [2.05, 4.69) is 10.3 Å². The highest BCUT2D eigenvalue weighted by atomic mass is 16.5. The van der Waals surface area contributed by atoms with E-state index in [1.165, 1.54) is 0 Å². The molecule has 1 saturated heterocycles. The van der Waals surface area contributed by atoms with E-state index in [0.29, 0.717) is 0 Å². The average Bonchev–Trinajstić information content (AvgIpc) is 2.47. The van der Waals surface area contributed by atoms with Crippen LogP contribution in [0, 0.1) is 5.92 Å². The van der Waals surface area contributed by atoms with Gasteiger partial charge in [0.25, 0.3) is 0 Å². The Morgan fingerprint density at radius 2 is 2.53 bits per heavy atom. The lowest BCUT2D eigenvalue weighted by atomic mass is 9.83. The molecule has 0 radical (unpaired) electrons. The van der Waals surface area contributed by atoms with Gasteiger partial charge in [0.1, 0.15) is 0 Å². The summed E-state index contributed by atoms with van der Waals surface area (Å²) >= 11 is 0. The molecular weight excluding hydrogens is 244 g/mol. The molecule has 0 aromatic carbocycles. The van der Waals surface area contributed by atoms with Crippen molar-refractivity contribution in [2.75, 3.05) is 13.2 Å². The first-order valence-corrected chi connectivity index (χ1v) is 6.72. The summed E-state index contributed by atoms with van der Waals surface area (Å²) in [6.07, 6.45) is 4.14. The number of pyridine rings is 1. The first-order valence-electron chi connectivity index (χ1n) is 6.72. The van der Waals surface area contributed by atoms with Gasteiger partial charge in [-0.05, 0) is 37.9 Å². The fourth-order valence-electron chi connectivity index (χ4n) is 2.58. The van der Waals surface area contributed by atoms with Crippen LogP contribution in [0.15, 0.2) is 24.5 Å². The average molecular weight is 264 g/mol. The third kappa shape index (κ3) is 3.30. The number of piperidine rings is 1. The van der Waals surface area contributed by atoms with Crippen molar-refractivity contribution in [2.24, 2.45) is 5.92 Å². The largest absolute Gasteiger partial charge is 0.464 e. The maximum atomic E-state index is 11.7. The normalized spacial score (nSPS) is 24.7. The van der Waals surface area contributed by atoms with Crippen molar-refractivity contribution in [1.29, 1.82) is 0 Å². The molecule has 1 fully saturated rings. The highest BCUT2D eigenvalue weighted by molar-refractivity contribution is 5.74. The molecule has 1 aromatic heterocycles. The summed E-state index contributed by atoms with van der Waals surface area (Å²) < 4.78 is 4.91. The highest BCUT2D eigenvalue weighted by Crippen LogP contribution is 2.31. The van der Waals surface area contributed by atoms with Crippen molar-refractivity contribution in [2.45, 2.75) is 31.9 Å². The summed E-state index contributed by atoms with van der Waals surface area (Å²) in [4.78, 5) is 15.8. The quantitative estimate of drug-likeness (QED) is 0.795. The molecule has 0 amide bonds. The Morgan fingerprint density at radius 3 is 3.21 bits per heavy atom. The van der Waals surface area contributed by atoms with Crippen molar-refractivity contribution >= 4 is 5.97 Å². The number of carbonyl (C=O) groups is 1. The first-order chi connectivity index (χ1) is 9.24. The number of aliphatic hydroxyl groups excluding tert-OH is 1. The lowest BCUT2D eigenvalue weighted by Gasteiger charge is -2.34. The maximum absolute atomic E-state index is 11.7. The van der Waals surface area contributed by atoms with E-state index in [-0.39, 0.29) is 18.6 Å². The van der Waals surface area contributed by atoms with Gasteiger partial charge in [-0.3, -0.25) is 4.98 Å². The predicted molar refractivity (Wildman–Crippen MR) is 70.3 cm³/mol. The highest BCUT2D eigenvalue weighted by Gasteiger charge is 2.36. The summed E-state index contributed by atoms with van der Waals surface area (Å²) in [5.41, 5.74) is 0.996. The van der Waals surface area contributed by atoms with Crippen LogP contribution in [0.25, 0.3) is 0 Å². The molecule has 2 N–H and O–H groups in total. The Hall–Kier alpha value is -1.46. The van der Waals surface area contributed by atoms with Crippen molar-refractivity contribution in [3.05, 3.63) is 30.1 Å². The summed E-state index contributed by atoms with van der Waals surface area (Å²) in [5.74, 6) is -0.706. The number of aliphatic hydroxyl groups is 1. The second-order valence-corrected chi connectivity index (χ2v) is 4.72. The zero-order chi connectivity index (χ0) is 13.7. The van der Waals surface area contributed by atoms with E-state index in [0.717, 1.165) is 24.9 Å². The van der Waals surface area contributed by atoms with Crippen LogP contribution < -0.4 is 5.32 Å². The van der Waals surface area contributed by atoms with Gasteiger partial charge in [-0.15, -0.1) is 0 Å². The Labute approximate surface area is 113 Å². The number of aromatic nitrogens is 1. The zero-order valence-electron chi connectivity index (χ0n) is 11.1. The number of carbonyl (C=O) groups excluding carboxylic acids is 1. The molecule has 2 rings (SSSR count). The number of hydrogen-bond donors (Lipinski definition) is 2. The second-order valence-electron chi connectivity index (χ2n) is 4.72. The molecule has 0 aliphatic carbocycles. The molecule has 5 nitrogen and oxygen atoms in total. The van der Waals surface area contributed by atoms with Gasteiger partial charge in [-0.2, -0.15) is 0 Å². The number of nitrogens with zero attached hydrogens (tertiary/aromatic N) is 1. The van der Waals surface area contributed by atoms with Crippen LogP contribution in [0.1, 0.15) is 31.4 Å². The third-order valence-electron chi connectivity index (χ3n) is 3.48. The summed E-state index contributed by atoms with van der Waals surface area (Å²) in [5, 5.41) is 13.5. The molecular formula is C14H20N2O3. The molecule has 19 heavy (non-hydrogen) atoms. The van der Waals surface area contributed by atoms with E-state index in [4.69, 9.17) is 4.74 Å². The lowest BCUT2D eigenvalue weighted by molar-refractivity contribution is -0.157. The first kappa shape index (κ1) is 14.0. The van der Waals surface area contributed by atoms with E-state index >= 15 is 0 Å². The van der Waals surface area contributed by atoms with E-state index in [1.807, 2.05) is 12.1 Å². The molecule has 0 bridgehead atoms. The second kappa shape index (κ2) is 6.63. The molecule has 2 heterocycles. The molecule has 1 aromatic rings. The monoisotopic (exact) mass is 264 g/mol. The lowest BCUT2D eigenvalue weighted by Crippen LogP contribution is -2.43. The third-order valence-corrected chi connectivity index (χ3v) is 3.48. The predicted octanol–water partition coefficient (Wildman–Crippen LogP) is 1.05. The minimum atomic E-state index is -1.09. The molecule has 1 aliphatic heterocycles. The molecule has 5 heteroatoms. The van der Waals surface area contributed by atoms with Crippen molar-refractivity contribution in [3.63, 3.8) is 0 Å². The Kier molecular flexibility index (Phi) is 4.87. The van der Waals surface area contributed by atoms with Crippen LogP contribution in [0.3, 0.4) is 0 Å². The van der Waals surface area contributed by atoms with E-state index < -0.39 is 12.1 Å². The minimum absolute atomic E-state index is 0.0538. The maximum Gasteiger partial charge on any atom is 0.335 e. The van der Waals surface area contributed by atoms with Crippen molar-refractivity contribution < 1.29 is 14.6 Å². The summed E-state index contributed by atoms with van der Waals surface area (Å²) in [6, 6.07) is 3.77. The summed E-state index contributed by atoms with van der Waals surface area (Å²) in [6.45, 7) is 2.90. The zero-order valence-corrected chi connectivity index (χ0v) is 11.1. The van der Waals surface area contributed by atoms with Gasteiger partial charge in [0.2, 0.25) is 0 Å². The summed E-state index contributed by atoms with van der Waals surface area (Å²) in [7, 11) is 0. The number of rotatable bonds is 4. The van der Waals surface area contributed by atoms with Crippen LogP contribution in [0.5, 0.6) is 0 Å². The standard InChI is InChI=1S/C14H20N2O3/c1-2-19-14(18)13(17)11-6-4-8-16-12(11)10-5-3-7-15-9-10/h3,5,7,9,11-13,16-17H,2,4,6,8H2,1H3/t11-,12-,13+/m0/s1. The SMILES string of the molecule is CCOC(=O)[C@H](O)[C@H]1CCCN[C@H]1c1cccnc1. The Morgan fingerprint density at radius 1 is 1.68 bits per heavy atom. The Balaban J connectivity index is 2.14. The molecule has 0 unspecified atom stereocenters. The van der Waals surface area contributed by atoms with E-state index in [1.54, 1.807) is 19.3 Å². The van der Waals surface area contributed by atoms with Gasteiger partial charge in [0.05, 0.1) is 6.61 Å². The number of nitrogens with one attached hydrogen (secondary N) is 1. The van der Waals surface area contributed by atoms with Gasteiger partial charge in [-0.25, -0.2) is 4.79 Å². The van der Waals surface area contributed by atoms with Crippen molar-refractivity contribution in [1.82, 2.24) is 10.3 Å². The molecule has 3 atom stereocenters. The van der Waals surface area contributed by atoms with Crippen LogP contribution in [-0.2, 0) is 9.53 Å². The van der Waals surface area contributed by atoms with Crippen molar-refractivity contribution in [3.8, 4) is 0 Å². The fourth-order valence-corrected chi connectivity index (χ4v) is 2.58. The molecule has 0 spiro atoms. The number of esters is 1.